The number of esters is 1. The van der Waals surface area contributed by atoms with Crippen molar-refractivity contribution in [2.75, 3.05) is 26.4 Å². The maximum atomic E-state index is 13.7. The van der Waals surface area contributed by atoms with E-state index in [0.29, 0.717) is 19.8 Å². The van der Waals surface area contributed by atoms with Gasteiger partial charge in [0.25, 0.3) is 0 Å². The number of fused-ring (bicyclic) bond motifs is 3. The van der Waals surface area contributed by atoms with Crippen molar-refractivity contribution < 1.29 is 32.2 Å². The fraction of sp³-hybridized carbons (Fsp3) is 0.500. The molecule has 10 heteroatoms. The second kappa shape index (κ2) is 6.86. The third-order valence-corrected chi connectivity index (χ3v) is 6.16. The van der Waals surface area contributed by atoms with Crippen LogP contribution in [-0.2, 0) is 34.9 Å². The molecule has 0 saturated carbocycles. The van der Waals surface area contributed by atoms with Gasteiger partial charge in [0, 0.05) is 5.02 Å². The van der Waals surface area contributed by atoms with Crippen LogP contribution in [0.25, 0.3) is 0 Å². The molecule has 3 fully saturated rings. The molecule has 2 bridgehead atoms. The molecule has 0 aliphatic carbocycles. The zero-order valence-corrected chi connectivity index (χ0v) is 15.2. The van der Waals surface area contributed by atoms with E-state index in [-0.39, 0.29) is 17.4 Å². The van der Waals surface area contributed by atoms with Gasteiger partial charge >= 0.3 is 12.7 Å². The Kier molecular flexibility index (Phi) is 5.16. The molecule has 3 saturated heterocycles. The summed E-state index contributed by atoms with van der Waals surface area (Å²) in [6.07, 6.45) is -0.988. The summed E-state index contributed by atoms with van der Waals surface area (Å²) >= 11 is 10.8. The number of carbonyl (C=O) groups is 1. The monoisotopic (exact) mass is 396 g/mol. The average Bonchev–Trinajstić information content (AvgIpc) is 2.56. The summed E-state index contributed by atoms with van der Waals surface area (Å²) in [5.41, 5.74) is -0.568. The molecule has 3 aliphatic rings. The highest BCUT2D eigenvalue weighted by atomic mass is 35.5. The molecule has 0 radical (unpaired) electrons. The minimum atomic E-state index is -2.58. The topological polar surface area (TPSA) is 63.2 Å². The van der Waals surface area contributed by atoms with Crippen LogP contribution in [0.15, 0.2) is 18.2 Å². The first kappa shape index (κ1) is 18.0. The number of hydrogen-bond donors (Lipinski definition) is 0. The molecule has 1 aromatic rings. The Balaban J connectivity index is 1.54. The van der Waals surface area contributed by atoms with Gasteiger partial charge in [0.2, 0.25) is 0 Å². The molecule has 1 aromatic carbocycles. The highest BCUT2D eigenvalue weighted by Gasteiger charge is 2.48. The van der Waals surface area contributed by atoms with Crippen molar-refractivity contribution in [1.82, 2.24) is 0 Å². The van der Waals surface area contributed by atoms with E-state index < -0.39 is 30.0 Å². The van der Waals surface area contributed by atoms with E-state index in [1.807, 2.05) is 0 Å². The van der Waals surface area contributed by atoms with Gasteiger partial charge in [-0.15, -0.1) is 0 Å². The van der Waals surface area contributed by atoms with Gasteiger partial charge in [-0.3, -0.25) is 0 Å². The first-order chi connectivity index (χ1) is 11.3. The predicted octanol–water partition coefficient (Wildman–Crippen LogP) is 3.08. The number of ether oxygens (including phenoxy) is 2. The van der Waals surface area contributed by atoms with E-state index in [2.05, 4.69) is 0 Å². The predicted molar refractivity (Wildman–Crippen MR) is 87.0 cm³/mol. The summed E-state index contributed by atoms with van der Waals surface area (Å²) < 4.78 is 40.4. The molecular weight excluding hydrogens is 382 g/mol. The van der Waals surface area contributed by atoms with Gasteiger partial charge in [-0.1, -0.05) is 11.6 Å². The van der Waals surface area contributed by atoms with Gasteiger partial charge in [-0.2, -0.15) is 0 Å². The highest BCUT2D eigenvalue weighted by Crippen LogP contribution is 2.60. The molecule has 3 heterocycles. The van der Waals surface area contributed by atoms with E-state index in [9.17, 15) is 9.18 Å². The van der Waals surface area contributed by atoms with Crippen LogP contribution in [0.4, 0.5) is 4.39 Å². The smallest absolute Gasteiger partial charge is 0.347 e. The third-order valence-electron chi connectivity index (χ3n) is 3.64. The Bertz CT molecular complexity index is 671. The molecule has 3 aliphatic heterocycles. The first-order valence-electron chi connectivity index (χ1n) is 7.13. The number of hydrogen-bond acceptors (Lipinski definition) is 7. The van der Waals surface area contributed by atoms with Crippen LogP contribution in [0.1, 0.15) is 6.92 Å². The first-order valence-corrected chi connectivity index (χ1v) is 10.1. The minimum absolute atomic E-state index is 0.0396. The highest BCUT2D eigenvalue weighted by molar-refractivity contribution is 8.07. The molecule has 0 aromatic heterocycles. The van der Waals surface area contributed by atoms with Crippen molar-refractivity contribution in [2.24, 2.45) is 5.41 Å². The Hall–Kier alpha value is -0.760. The summed E-state index contributed by atoms with van der Waals surface area (Å²) in [6, 6.07) is 3.93. The lowest BCUT2D eigenvalue weighted by Gasteiger charge is -2.45. The van der Waals surface area contributed by atoms with Crippen LogP contribution in [0.5, 0.6) is 5.75 Å². The van der Waals surface area contributed by atoms with Crippen molar-refractivity contribution in [3.63, 3.8) is 0 Å². The second-order valence-electron chi connectivity index (χ2n) is 5.71. The molecule has 0 N–H and O–H groups in total. The van der Waals surface area contributed by atoms with Crippen molar-refractivity contribution in [3.8, 4) is 5.75 Å². The summed E-state index contributed by atoms with van der Waals surface area (Å²) in [6.45, 7) is -0.112. The zero-order chi connectivity index (χ0) is 17.4. The van der Waals surface area contributed by atoms with E-state index in [1.165, 1.54) is 19.1 Å². The lowest BCUT2D eigenvalue weighted by molar-refractivity contribution is -0.164. The Morgan fingerprint density at radius 1 is 1.42 bits per heavy atom. The van der Waals surface area contributed by atoms with E-state index in [4.69, 9.17) is 46.5 Å². The molecule has 24 heavy (non-hydrogen) atoms. The quantitative estimate of drug-likeness (QED) is 0.560. The van der Waals surface area contributed by atoms with Gasteiger partial charge < -0.3 is 23.0 Å². The average molecular weight is 397 g/mol. The summed E-state index contributed by atoms with van der Waals surface area (Å²) in [5, 5.41) is 0.240. The van der Waals surface area contributed by atoms with Gasteiger partial charge in [-0.05, 0) is 36.9 Å². The summed E-state index contributed by atoms with van der Waals surface area (Å²) in [7, 11) is 0. The molecule has 1 unspecified atom stereocenters. The van der Waals surface area contributed by atoms with Crippen LogP contribution >= 0.6 is 18.3 Å². The number of carbonyl (C=O) groups excluding carboxylic acids is 1. The SMILES string of the molecule is CC(Oc1ccc(Cl)cc1F)C(=O)OCC12COP(=S)(OC1)OC2. The molecule has 6 nitrogen and oxygen atoms in total. The molecule has 0 spiro atoms. The van der Waals surface area contributed by atoms with Gasteiger partial charge in [0.15, 0.2) is 17.7 Å². The summed E-state index contributed by atoms with van der Waals surface area (Å²) in [4.78, 5) is 12.1. The lowest BCUT2D eigenvalue weighted by Crippen LogP contribution is -2.48. The molecule has 4 rings (SSSR count). The molecule has 132 valence electrons. The summed E-state index contributed by atoms with van der Waals surface area (Å²) in [5.74, 6) is -1.36. The second-order valence-corrected chi connectivity index (χ2v) is 9.16. The van der Waals surface area contributed by atoms with Crippen molar-refractivity contribution in [1.29, 1.82) is 0 Å². The normalized spacial score (nSPS) is 30.0. The standard InChI is InChI=1S/C14H15ClFO6PS/c1-9(22-12-3-2-10(15)4-11(12)16)13(17)18-5-14-6-19-23(24,20-7-14)21-8-14/h2-4,9H,5-8H2,1H3. The van der Waals surface area contributed by atoms with E-state index in [0.717, 1.165) is 6.07 Å². The lowest BCUT2D eigenvalue weighted by atomic mass is 9.92. The van der Waals surface area contributed by atoms with Gasteiger partial charge in [-0.25, -0.2) is 9.18 Å². The molecule has 1 atom stereocenters. The van der Waals surface area contributed by atoms with Crippen LogP contribution in [0.3, 0.4) is 0 Å². The van der Waals surface area contributed by atoms with Crippen molar-refractivity contribution >= 4 is 36.1 Å². The van der Waals surface area contributed by atoms with Gasteiger partial charge in [0.05, 0.1) is 25.2 Å². The van der Waals surface area contributed by atoms with E-state index in [1.54, 1.807) is 0 Å². The van der Waals surface area contributed by atoms with Crippen LogP contribution in [-0.4, -0.2) is 38.5 Å². The largest absolute Gasteiger partial charge is 0.476 e. The number of benzene rings is 1. The Morgan fingerprint density at radius 3 is 2.62 bits per heavy atom. The van der Waals surface area contributed by atoms with E-state index >= 15 is 0 Å². The third kappa shape index (κ3) is 3.90. The Morgan fingerprint density at radius 2 is 2.04 bits per heavy atom. The van der Waals surface area contributed by atoms with Crippen LogP contribution in [0.2, 0.25) is 5.02 Å². The van der Waals surface area contributed by atoms with Crippen molar-refractivity contribution in [3.05, 3.63) is 29.0 Å². The number of rotatable bonds is 5. The fourth-order valence-corrected chi connectivity index (χ4v) is 4.31. The minimum Gasteiger partial charge on any atom is -0.476 e. The Labute approximate surface area is 148 Å². The van der Waals surface area contributed by atoms with Gasteiger partial charge in [0.1, 0.15) is 6.61 Å². The van der Waals surface area contributed by atoms with Crippen LogP contribution < -0.4 is 4.74 Å². The number of halogens is 2. The van der Waals surface area contributed by atoms with Crippen molar-refractivity contribution in [2.45, 2.75) is 13.0 Å². The molecular formula is C14H15ClFO6PS. The maximum Gasteiger partial charge on any atom is 0.347 e. The van der Waals surface area contributed by atoms with Crippen LogP contribution in [0, 0.1) is 11.2 Å². The zero-order valence-electron chi connectivity index (χ0n) is 12.7. The maximum absolute atomic E-state index is 13.7. The molecule has 0 amide bonds. The fourth-order valence-electron chi connectivity index (χ4n) is 2.16.